The molecule has 1 atom stereocenters. The normalized spacial score (nSPS) is 12.7. The van der Waals surface area contributed by atoms with Crippen LogP contribution in [0.25, 0.3) is 0 Å². The van der Waals surface area contributed by atoms with Crippen LogP contribution in [-0.2, 0) is 14.3 Å². The quantitative estimate of drug-likeness (QED) is 0.779. The van der Waals surface area contributed by atoms with Gasteiger partial charge < -0.3 is 14.8 Å². The van der Waals surface area contributed by atoms with Gasteiger partial charge in [0.05, 0.1) is 0 Å². The number of carbonyl (C=O) groups is 3. The predicted molar refractivity (Wildman–Crippen MR) is 93.1 cm³/mol. The summed E-state index contributed by atoms with van der Waals surface area (Å²) >= 11 is 0. The number of nitrogens with one attached hydrogen (secondary N) is 2. The number of hydrogen-bond acceptors (Lipinski definition) is 5. The summed E-state index contributed by atoms with van der Waals surface area (Å²) in [5.41, 5.74) is -1.94. The maximum absolute atomic E-state index is 12.9. The monoisotopic (exact) mass is 368 g/mol. The van der Waals surface area contributed by atoms with Crippen molar-refractivity contribution < 1.29 is 28.2 Å². The lowest BCUT2D eigenvalue weighted by Crippen LogP contribution is -2.51. The van der Waals surface area contributed by atoms with Crippen LogP contribution >= 0.6 is 0 Å². The van der Waals surface area contributed by atoms with Gasteiger partial charge >= 0.3 is 12.0 Å². The van der Waals surface area contributed by atoms with Gasteiger partial charge in [-0.3, -0.25) is 10.1 Å². The van der Waals surface area contributed by atoms with E-state index >= 15 is 0 Å². The second-order valence-electron chi connectivity index (χ2n) is 7.31. The summed E-state index contributed by atoms with van der Waals surface area (Å²) in [5, 5.41) is 4.66. The molecule has 26 heavy (non-hydrogen) atoms. The fourth-order valence-corrected chi connectivity index (χ4v) is 1.78. The Morgan fingerprint density at radius 1 is 1.04 bits per heavy atom. The number of benzene rings is 1. The Bertz CT molecular complexity index is 665. The Labute approximate surface area is 152 Å². The Balaban J connectivity index is 2.62. The highest BCUT2D eigenvalue weighted by Gasteiger charge is 2.34. The number of esters is 1. The van der Waals surface area contributed by atoms with Crippen LogP contribution in [0.5, 0.6) is 5.75 Å². The van der Waals surface area contributed by atoms with Gasteiger partial charge in [0.1, 0.15) is 11.6 Å². The highest BCUT2D eigenvalue weighted by atomic mass is 19.1. The lowest BCUT2D eigenvalue weighted by atomic mass is 10.1. The molecule has 2 N–H and O–H groups in total. The first-order valence-corrected chi connectivity index (χ1v) is 8.09. The van der Waals surface area contributed by atoms with Crippen molar-refractivity contribution in [3.8, 4) is 5.75 Å². The summed E-state index contributed by atoms with van der Waals surface area (Å²) in [6.07, 6.45) is -1.20. The molecule has 0 aromatic heterocycles. The van der Waals surface area contributed by atoms with Gasteiger partial charge in [0, 0.05) is 5.54 Å². The van der Waals surface area contributed by atoms with Gasteiger partial charge in [-0.05, 0) is 65.8 Å². The van der Waals surface area contributed by atoms with Crippen LogP contribution in [0.4, 0.5) is 9.18 Å². The van der Waals surface area contributed by atoms with Crippen LogP contribution in [0.15, 0.2) is 24.3 Å². The number of urea groups is 1. The molecule has 144 valence electrons. The van der Waals surface area contributed by atoms with Crippen LogP contribution < -0.4 is 15.4 Å². The van der Waals surface area contributed by atoms with Crippen molar-refractivity contribution in [2.75, 3.05) is 0 Å². The van der Waals surface area contributed by atoms with Gasteiger partial charge in [0.15, 0.2) is 11.7 Å². The van der Waals surface area contributed by atoms with Crippen molar-refractivity contribution >= 4 is 17.9 Å². The smallest absolute Gasteiger partial charge is 0.350 e. The first kappa shape index (κ1) is 21.4. The molecule has 0 aliphatic rings. The van der Waals surface area contributed by atoms with E-state index < -0.39 is 41.0 Å². The van der Waals surface area contributed by atoms with Crippen molar-refractivity contribution in [3.05, 3.63) is 30.1 Å². The fourth-order valence-electron chi connectivity index (χ4n) is 1.78. The van der Waals surface area contributed by atoms with E-state index in [4.69, 9.17) is 9.47 Å². The predicted octanol–water partition coefficient (Wildman–Crippen LogP) is 2.54. The summed E-state index contributed by atoms with van der Waals surface area (Å²) in [4.78, 5) is 35.9. The second-order valence-corrected chi connectivity index (χ2v) is 7.31. The third-order valence-corrected chi connectivity index (χ3v) is 3.06. The first-order valence-electron chi connectivity index (χ1n) is 8.09. The van der Waals surface area contributed by atoms with E-state index in [1.165, 1.54) is 45.0 Å². The first-order chi connectivity index (χ1) is 11.8. The zero-order chi connectivity index (χ0) is 20.1. The molecule has 0 unspecified atom stereocenters. The van der Waals surface area contributed by atoms with Crippen molar-refractivity contribution in [3.63, 3.8) is 0 Å². The molecule has 1 rings (SSSR count). The molecule has 1 aromatic rings. The van der Waals surface area contributed by atoms with E-state index in [1.54, 1.807) is 20.8 Å². The van der Waals surface area contributed by atoms with Crippen molar-refractivity contribution in [1.82, 2.24) is 10.6 Å². The minimum atomic E-state index is -1.42. The Kier molecular flexibility index (Phi) is 6.72. The highest BCUT2D eigenvalue weighted by molar-refractivity contribution is 5.97. The summed E-state index contributed by atoms with van der Waals surface area (Å²) < 4.78 is 23.5. The largest absolute Gasteiger partial charge is 0.476 e. The SMILES string of the molecule is C[C@H](OC(=O)C(C)(C)Oc1ccc(F)cc1)C(=O)NC(=O)NC(C)(C)C. The molecule has 0 bridgehead atoms. The molecule has 0 saturated heterocycles. The summed E-state index contributed by atoms with van der Waals surface area (Å²) in [6.45, 7) is 9.53. The second kappa shape index (κ2) is 8.16. The van der Waals surface area contributed by atoms with E-state index in [1.807, 2.05) is 0 Å². The molecule has 0 heterocycles. The molecule has 0 fully saturated rings. The minimum Gasteiger partial charge on any atom is -0.476 e. The number of ether oxygens (including phenoxy) is 2. The van der Waals surface area contributed by atoms with E-state index in [9.17, 15) is 18.8 Å². The van der Waals surface area contributed by atoms with E-state index in [2.05, 4.69) is 10.6 Å². The maximum Gasteiger partial charge on any atom is 0.350 e. The van der Waals surface area contributed by atoms with Crippen LogP contribution in [0.1, 0.15) is 41.5 Å². The van der Waals surface area contributed by atoms with Crippen LogP contribution in [0.2, 0.25) is 0 Å². The number of hydrogen-bond donors (Lipinski definition) is 2. The van der Waals surface area contributed by atoms with Crippen LogP contribution in [0.3, 0.4) is 0 Å². The molecular formula is C18H25FN2O5. The number of carbonyl (C=O) groups excluding carboxylic acids is 3. The lowest BCUT2D eigenvalue weighted by Gasteiger charge is -2.26. The van der Waals surface area contributed by atoms with Gasteiger partial charge in [-0.15, -0.1) is 0 Å². The Morgan fingerprint density at radius 2 is 1.58 bits per heavy atom. The van der Waals surface area contributed by atoms with Crippen molar-refractivity contribution in [2.45, 2.75) is 58.8 Å². The summed E-state index contributed by atoms with van der Waals surface area (Å²) in [6, 6.07) is 4.45. The number of amides is 3. The van der Waals surface area contributed by atoms with E-state index in [-0.39, 0.29) is 5.75 Å². The van der Waals surface area contributed by atoms with E-state index in [0.29, 0.717) is 0 Å². The molecule has 0 aliphatic carbocycles. The average molecular weight is 368 g/mol. The molecule has 0 radical (unpaired) electrons. The van der Waals surface area contributed by atoms with Gasteiger partial charge in [0.2, 0.25) is 0 Å². The average Bonchev–Trinajstić information content (AvgIpc) is 2.47. The number of imide groups is 1. The molecule has 1 aromatic carbocycles. The topological polar surface area (TPSA) is 93.7 Å². The van der Waals surface area contributed by atoms with Crippen LogP contribution in [-0.4, -0.2) is 35.2 Å². The number of halogens is 1. The van der Waals surface area contributed by atoms with Crippen molar-refractivity contribution in [2.24, 2.45) is 0 Å². The molecule has 0 spiro atoms. The third kappa shape index (κ3) is 7.08. The standard InChI is InChI=1S/C18H25FN2O5/c1-11(14(22)20-16(24)21-17(2,3)4)25-15(23)18(5,6)26-13-9-7-12(19)8-10-13/h7-11H,1-6H3,(H2,20,21,22,24)/t11-/m0/s1. The molecular weight excluding hydrogens is 343 g/mol. The summed E-state index contributed by atoms with van der Waals surface area (Å²) in [7, 11) is 0. The highest BCUT2D eigenvalue weighted by Crippen LogP contribution is 2.20. The van der Waals surface area contributed by atoms with Gasteiger partial charge in [-0.2, -0.15) is 0 Å². The zero-order valence-electron chi connectivity index (χ0n) is 15.8. The van der Waals surface area contributed by atoms with E-state index in [0.717, 1.165) is 0 Å². The summed E-state index contributed by atoms with van der Waals surface area (Å²) in [5.74, 6) is -1.73. The van der Waals surface area contributed by atoms with Gasteiger partial charge in [-0.1, -0.05) is 0 Å². The van der Waals surface area contributed by atoms with Gasteiger partial charge in [0.25, 0.3) is 5.91 Å². The molecule has 7 nitrogen and oxygen atoms in total. The van der Waals surface area contributed by atoms with Crippen molar-refractivity contribution in [1.29, 1.82) is 0 Å². The van der Waals surface area contributed by atoms with Gasteiger partial charge in [-0.25, -0.2) is 14.0 Å². The minimum absolute atomic E-state index is 0.273. The molecule has 3 amide bonds. The molecule has 0 saturated carbocycles. The third-order valence-electron chi connectivity index (χ3n) is 3.06. The fraction of sp³-hybridized carbons (Fsp3) is 0.500. The number of rotatable bonds is 5. The molecule has 0 aliphatic heterocycles. The Hall–Kier alpha value is -2.64. The van der Waals surface area contributed by atoms with Crippen LogP contribution in [0, 0.1) is 5.82 Å². The lowest BCUT2D eigenvalue weighted by molar-refractivity contribution is -0.167. The molecule has 8 heteroatoms. The maximum atomic E-state index is 12.9. The Morgan fingerprint density at radius 3 is 2.08 bits per heavy atom. The zero-order valence-corrected chi connectivity index (χ0v) is 15.8.